The number of rotatable bonds is 2. The van der Waals surface area contributed by atoms with Crippen molar-refractivity contribution < 1.29 is 4.74 Å². The molecule has 2 aromatic rings. The number of hydrogen-bond donors (Lipinski definition) is 0. The second kappa shape index (κ2) is 5.54. The van der Waals surface area contributed by atoms with Gasteiger partial charge in [-0.25, -0.2) is 4.98 Å². The average Bonchev–Trinajstić information content (AvgIpc) is 2.33. The van der Waals surface area contributed by atoms with E-state index in [1.165, 1.54) is 6.20 Å². The van der Waals surface area contributed by atoms with Gasteiger partial charge in [0.1, 0.15) is 16.7 Å². The predicted octanol–water partition coefficient (Wildman–Crippen LogP) is 4.58. The lowest BCUT2D eigenvalue weighted by Gasteiger charge is -2.18. The molecule has 2 rings (SSSR count). The third-order valence-corrected chi connectivity index (χ3v) is 3.18. The minimum atomic E-state index is -0.220. The third kappa shape index (κ3) is 3.38. The molecule has 0 aliphatic rings. The first-order valence-corrected chi connectivity index (χ1v) is 6.86. The summed E-state index contributed by atoms with van der Waals surface area (Å²) < 4.78 is 5.72. The van der Waals surface area contributed by atoms with E-state index in [4.69, 9.17) is 27.9 Å². The molecule has 0 saturated carbocycles. The Kier molecular flexibility index (Phi) is 4.16. The quantitative estimate of drug-likeness (QED) is 0.762. The molecule has 0 N–H and O–H groups in total. The number of pyridine rings is 1. The van der Waals surface area contributed by atoms with Crippen LogP contribution in [0.15, 0.2) is 18.5 Å². The predicted molar refractivity (Wildman–Crippen MR) is 79.8 cm³/mol. The van der Waals surface area contributed by atoms with Gasteiger partial charge in [-0.05, 0) is 6.92 Å². The maximum absolute atomic E-state index is 6.15. The Morgan fingerprint density at radius 1 is 1.10 bits per heavy atom. The van der Waals surface area contributed by atoms with Gasteiger partial charge >= 0.3 is 0 Å². The molecule has 2 aromatic heterocycles. The van der Waals surface area contributed by atoms with Crippen LogP contribution in [0, 0.1) is 6.92 Å². The van der Waals surface area contributed by atoms with Crippen LogP contribution >= 0.6 is 23.2 Å². The van der Waals surface area contributed by atoms with Crippen LogP contribution in [0.1, 0.15) is 32.2 Å². The van der Waals surface area contributed by atoms with E-state index in [-0.39, 0.29) is 5.41 Å². The Morgan fingerprint density at radius 2 is 1.80 bits per heavy atom. The van der Waals surface area contributed by atoms with Gasteiger partial charge in [0, 0.05) is 23.2 Å². The van der Waals surface area contributed by atoms with Gasteiger partial charge in [-0.15, -0.1) is 0 Å². The van der Waals surface area contributed by atoms with Crippen molar-refractivity contribution in [3.63, 3.8) is 0 Å². The van der Waals surface area contributed by atoms with Crippen LogP contribution in [-0.4, -0.2) is 15.0 Å². The van der Waals surface area contributed by atoms with Crippen molar-refractivity contribution in [2.45, 2.75) is 33.1 Å². The van der Waals surface area contributed by atoms with Crippen molar-refractivity contribution in [1.29, 1.82) is 0 Å². The highest BCUT2D eigenvalue weighted by Gasteiger charge is 2.21. The lowest BCUT2D eigenvalue weighted by atomic mass is 9.96. The van der Waals surface area contributed by atoms with E-state index in [9.17, 15) is 0 Å². The van der Waals surface area contributed by atoms with Crippen molar-refractivity contribution >= 4 is 23.2 Å². The van der Waals surface area contributed by atoms with Crippen LogP contribution in [0.25, 0.3) is 0 Å². The van der Waals surface area contributed by atoms with E-state index in [1.807, 2.05) is 27.7 Å². The summed E-state index contributed by atoms with van der Waals surface area (Å²) in [6, 6.07) is 1.67. The van der Waals surface area contributed by atoms with Gasteiger partial charge in [-0.1, -0.05) is 44.0 Å². The fourth-order valence-corrected chi connectivity index (χ4v) is 1.79. The Bertz CT molecular complexity index is 639. The van der Waals surface area contributed by atoms with E-state index in [2.05, 4.69) is 15.0 Å². The van der Waals surface area contributed by atoms with Gasteiger partial charge in [0.2, 0.25) is 5.88 Å². The number of nitrogens with zero attached hydrogens (tertiary/aromatic N) is 3. The second-order valence-corrected chi connectivity index (χ2v) is 6.25. The van der Waals surface area contributed by atoms with Gasteiger partial charge in [-0.3, -0.25) is 4.98 Å². The van der Waals surface area contributed by atoms with E-state index < -0.39 is 0 Å². The zero-order chi connectivity index (χ0) is 14.9. The van der Waals surface area contributed by atoms with Crippen LogP contribution in [0.3, 0.4) is 0 Å². The zero-order valence-electron chi connectivity index (χ0n) is 11.7. The number of aromatic nitrogens is 3. The summed E-state index contributed by atoms with van der Waals surface area (Å²) in [7, 11) is 0. The molecule has 6 heteroatoms. The SMILES string of the molecule is Cc1c(Cl)nc(C(C)(C)C)nc1Oc1cncc(Cl)c1. The highest BCUT2D eigenvalue weighted by atomic mass is 35.5. The Morgan fingerprint density at radius 3 is 2.40 bits per heavy atom. The first-order valence-electron chi connectivity index (χ1n) is 6.10. The van der Waals surface area contributed by atoms with Gasteiger partial charge in [0.25, 0.3) is 0 Å². The molecule has 4 nitrogen and oxygen atoms in total. The Balaban J connectivity index is 2.43. The first kappa shape index (κ1) is 15.0. The fraction of sp³-hybridized carbons (Fsp3) is 0.357. The molecule has 0 fully saturated rings. The first-order chi connectivity index (χ1) is 9.27. The molecule has 0 aromatic carbocycles. The Hall–Kier alpha value is -1.39. The topological polar surface area (TPSA) is 47.9 Å². The van der Waals surface area contributed by atoms with Gasteiger partial charge in [0.05, 0.1) is 11.2 Å². The summed E-state index contributed by atoms with van der Waals surface area (Å²) in [5, 5.41) is 0.881. The van der Waals surface area contributed by atoms with Crippen LogP contribution < -0.4 is 4.74 Å². The number of ether oxygens (including phenoxy) is 1. The van der Waals surface area contributed by atoms with E-state index in [0.717, 1.165) is 0 Å². The molecular weight excluding hydrogens is 297 g/mol. The van der Waals surface area contributed by atoms with Crippen molar-refractivity contribution in [2.75, 3.05) is 0 Å². The molecular formula is C14H15Cl2N3O. The van der Waals surface area contributed by atoms with E-state index >= 15 is 0 Å². The molecule has 0 aliphatic carbocycles. The van der Waals surface area contributed by atoms with Gasteiger partial charge in [0.15, 0.2) is 0 Å². The van der Waals surface area contributed by atoms with Gasteiger partial charge in [-0.2, -0.15) is 4.98 Å². The van der Waals surface area contributed by atoms with Crippen molar-refractivity contribution in [2.24, 2.45) is 0 Å². The maximum Gasteiger partial charge on any atom is 0.227 e. The summed E-state index contributed by atoms with van der Waals surface area (Å²) >= 11 is 12.0. The monoisotopic (exact) mass is 311 g/mol. The fourth-order valence-electron chi connectivity index (χ4n) is 1.46. The molecule has 106 valence electrons. The summed E-state index contributed by atoms with van der Waals surface area (Å²) in [5.41, 5.74) is 0.460. The minimum absolute atomic E-state index is 0.220. The van der Waals surface area contributed by atoms with Crippen molar-refractivity contribution in [3.8, 4) is 11.6 Å². The molecule has 20 heavy (non-hydrogen) atoms. The zero-order valence-corrected chi connectivity index (χ0v) is 13.2. The minimum Gasteiger partial charge on any atom is -0.437 e. The highest BCUT2D eigenvalue weighted by Crippen LogP contribution is 2.30. The summed E-state index contributed by atoms with van der Waals surface area (Å²) in [6.45, 7) is 7.85. The molecule has 0 spiro atoms. The van der Waals surface area contributed by atoms with Crippen molar-refractivity contribution in [3.05, 3.63) is 40.0 Å². The average molecular weight is 312 g/mol. The van der Waals surface area contributed by atoms with Crippen LogP contribution in [0.4, 0.5) is 0 Å². The molecule has 0 radical (unpaired) electrons. The summed E-state index contributed by atoms with van der Waals surface area (Å²) in [5.74, 6) is 1.55. The second-order valence-electron chi connectivity index (χ2n) is 5.46. The number of halogens is 2. The van der Waals surface area contributed by atoms with Crippen molar-refractivity contribution in [1.82, 2.24) is 15.0 Å². The standard InChI is InChI=1S/C14H15Cl2N3O/c1-8-11(16)18-13(14(2,3)4)19-12(8)20-10-5-9(15)6-17-7-10/h5-7H,1-4H3. The van der Waals surface area contributed by atoms with E-state index in [0.29, 0.717) is 33.2 Å². The Labute approximate surface area is 128 Å². The lowest BCUT2D eigenvalue weighted by Crippen LogP contribution is -2.17. The molecule has 0 atom stereocenters. The van der Waals surface area contributed by atoms with Gasteiger partial charge < -0.3 is 4.74 Å². The molecule has 0 amide bonds. The van der Waals surface area contributed by atoms with Crippen LogP contribution in [0.2, 0.25) is 10.2 Å². The summed E-state index contributed by atoms with van der Waals surface area (Å²) in [6.07, 6.45) is 3.10. The summed E-state index contributed by atoms with van der Waals surface area (Å²) in [4.78, 5) is 12.7. The molecule has 0 unspecified atom stereocenters. The highest BCUT2D eigenvalue weighted by molar-refractivity contribution is 6.30. The lowest BCUT2D eigenvalue weighted by molar-refractivity contribution is 0.440. The molecule has 2 heterocycles. The molecule has 0 aliphatic heterocycles. The smallest absolute Gasteiger partial charge is 0.227 e. The largest absolute Gasteiger partial charge is 0.437 e. The molecule has 0 saturated heterocycles. The molecule has 0 bridgehead atoms. The van der Waals surface area contributed by atoms with E-state index in [1.54, 1.807) is 12.3 Å². The van der Waals surface area contributed by atoms with Crippen LogP contribution in [0.5, 0.6) is 11.6 Å². The number of hydrogen-bond acceptors (Lipinski definition) is 4. The maximum atomic E-state index is 6.15. The van der Waals surface area contributed by atoms with Crippen LogP contribution in [-0.2, 0) is 5.41 Å². The normalized spacial score (nSPS) is 11.5. The third-order valence-electron chi connectivity index (χ3n) is 2.61.